The second-order valence-electron chi connectivity index (χ2n) is 7.61. The van der Waals surface area contributed by atoms with Gasteiger partial charge in [-0.3, -0.25) is 4.90 Å². The van der Waals surface area contributed by atoms with E-state index in [1.165, 1.54) is 57.9 Å². The molecule has 0 spiro atoms. The molecule has 3 fully saturated rings. The van der Waals surface area contributed by atoms with E-state index in [0.29, 0.717) is 5.54 Å². The van der Waals surface area contributed by atoms with Crippen molar-refractivity contribution < 1.29 is 0 Å². The van der Waals surface area contributed by atoms with Crippen molar-refractivity contribution in [2.45, 2.75) is 82.0 Å². The summed E-state index contributed by atoms with van der Waals surface area (Å²) in [6.07, 6.45) is 11.3. The minimum absolute atomic E-state index is 0.478. The van der Waals surface area contributed by atoms with E-state index in [2.05, 4.69) is 36.1 Å². The predicted octanol–water partition coefficient (Wildman–Crippen LogP) is 2.47. The van der Waals surface area contributed by atoms with Crippen molar-refractivity contribution in [3.05, 3.63) is 0 Å². The number of piperidine rings is 1. The van der Waals surface area contributed by atoms with E-state index in [9.17, 15) is 0 Å². The van der Waals surface area contributed by atoms with Crippen molar-refractivity contribution in [2.24, 2.45) is 0 Å². The van der Waals surface area contributed by atoms with E-state index in [1.54, 1.807) is 0 Å². The number of rotatable bonds is 5. The Bertz CT molecular complexity index is 308. The topological polar surface area (TPSA) is 18.5 Å². The van der Waals surface area contributed by atoms with E-state index < -0.39 is 0 Å². The Morgan fingerprint density at radius 1 is 1.10 bits per heavy atom. The zero-order chi connectivity index (χ0) is 14.2. The van der Waals surface area contributed by atoms with Gasteiger partial charge >= 0.3 is 0 Å². The van der Waals surface area contributed by atoms with Gasteiger partial charge in [0.05, 0.1) is 0 Å². The van der Waals surface area contributed by atoms with Crippen LogP contribution in [0.3, 0.4) is 0 Å². The summed E-state index contributed by atoms with van der Waals surface area (Å²) in [5, 5.41) is 3.69. The highest BCUT2D eigenvalue weighted by Gasteiger charge is 2.46. The maximum atomic E-state index is 3.69. The largest absolute Gasteiger partial charge is 0.314 e. The molecule has 0 aromatic rings. The summed E-state index contributed by atoms with van der Waals surface area (Å²) in [6.45, 7) is 4.70. The van der Waals surface area contributed by atoms with Crippen LogP contribution in [0, 0.1) is 0 Å². The van der Waals surface area contributed by atoms with Gasteiger partial charge in [-0.1, -0.05) is 19.8 Å². The molecule has 2 atom stereocenters. The average Bonchev–Trinajstić information content (AvgIpc) is 2.96. The fraction of sp³-hybridized carbons (Fsp3) is 1.00. The van der Waals surface area contributed by atoms with Crippen molar-refractivity contribution in [2.75, 3.05) is 27.2 Å². The van der Waals surface area contributed by atoms with E-state index >= 15 is 0 Å². The first-order valence-electron chi connectivity index (χ1n) is 8.81. The lowest BCUT2D eigenvalue weighted by atomic mass is 9.90. The van der Waals surface area contributed by atoms with Crippen LogP contribution in [0.2, 0.25) is 0 Å². The van der Waals surface area contributed by atoms with Gasteiger partial charge in [-0.2, -0.15) is 0 Å². The van der Waals surface area contributed by atoms with Crippen LogP contribution < -0.4 is 5.32 Å². The van der Waals surface area contributed by atoms with Gasteiger partial charge in [-0.15, -0.1) is 0 Å². The van der Waals surface area contributed by atoms with E-state index in [4.69, 9.17) is 0 Å². The van der Waals surface area contributed by atoms with Crippen molar-refractivity contribution in [1.29, 1.82) is 0 Å². The average molecular weight is 279 g/mol. The van der Waals surface area contributed by atoms with Gasteiger partial charge in [0.1, 0.15) is 0 Å². The Labute approximate surface area is 125 Å². The maximum absolute atomic E-state index is 3.69. The third kappa shape index (κ3) is 2.65. The molecule has 3 heteroatoms. The first-order chi connectivity index (χ1) is 9.64. The molecule has 2 saturated heterocycles. The molecular formula is C17H33N3. The Balaban J connectivity index is 1.66. The third-order valence-corrected chi connectivity index (χ3v) is 6.34. The summed E-state index contributed by atoms with van der Waals surface area (Å²) in [4.78, 5) is 5.44. The number of hydrogen-bond donors (Lipinski definition) is 1. The molecule has 0 radical (unpaired) electrons. The van der Waals surface area contributed by atoms with Gasteiger partial charge in [0, 0.05) is 30.2 Å². The molecule has 116 valence electrons. The summed E-state index contributed by atoms with van der Waals surface area (Å²) in [5.74, 6) is 0. The first kappa shape index (κ1) is 14.8. The fourth-order valence-corrected chi connectivity index (χ4v) is 5.11. The van der Waals surface area contributed by atoms with E-state index in [-0.39, 0.29) is 0 Å². The molecule has 1 aliphatic carbocycles. The first-order valence-corrected chi connectivity index (χ1v) is 8.81. The monoisotopic (exact) mass is 279 g/mol. The smallest absolute Gasteiger partial charge is 0.0330 e. The molecule has 2 unspecified atom stereocenters. The Morgan fingerprint density at radius 2 is 1.70 bits per heavy atom. The molecule has 0 amide bonds. The number of nitrogens with zero attached hydrogens (tertiary/aromatic N) is 2. The predicted molar refractivity (Wildman–Crippen MR) is 85.1 cm³/mol. The lowest BCUT2D eigenvalue weighted by Gasteiger charge is -2.46. The zero-order valence-corrected chi connectivity index (χ0v) is 13.7. The molecule has 1 saturated carbocycles. The molecule has 1 N–H and O–H groups in total. The fourth-order valence-electron chi connectivity index (χ4n) is 5.11. The molecule has 3 aliphatic rings. The standard InChI is InChI=1S/C17H33N3/c1-4-18-14-11-15-7-8-16(12-14)20(15)13-17(19(2)3)9-5-6-10-17/h14-16,18H,4-13H2,1-3H3. The SMILES string of the molecule is CCNC1CC2CCC(C1)N2CC1(N(C)C)CCCC1. The third-order valence-electron chi connectivity index (χ3n) is 6.34. The van der Waals surface area contributed by atoms with Crippen molar-refractivity contribution in [3.8, 4) is 0 Å². The minimum atomic E-state index is 0.478. The number of nitrogens with one attached hydrogen (secondary N) is 1. The lowest BCUT2D eigenvalue weighted by molar-refractivity contribution is 0.0382. The Kier molecular flexibility index (Phi) is 4.40. The molecule has 0 aromatic heterocycles. The Morgan fingerprint density at radius 3 is 2.20 bits per heavy atom. The van der Waals surface area contributed by atoms with Gasteiger partial charge in [0.2, 0.25) is 0 Å². The Hall–Kier alpha value is -0.120. The van der Waals surface area contributed by atoms with Crippen LogP contribution in [0.4, 0.5) is 0 Å². The molecule has 0 aromatic carbocycles. The van der Waals surface area contributed by atoms with Crippen molar-refractivity contribution in [3.63, 3.8) is 0 Å². The van der Waals surface area contributed by atoms with Gasteiger partial charge in [-0.25, -0.2) is 0 Å². The second-order valence-corrected chi connectivity index (χ2v) is 7.61. The van der Waals surface area contributed by atoms with Gasteiger partial charge in [-0.05, 0) is 59.2 Å². The van der Waals surface area contributed by atoms with Gasteiger partial charge in [0.15, 0.2) is 0 Å². The number of hydrogen-bond acceptors (Lipinski definition) is 3. The highest BCUT2D eigenvalue weighted by molar-refractivity contribution is 5.03. The van der Waals surface area contributed by atoms with E-state index in [1.807, 2.05) is 0 Å². The van der Waals surface area contributed by atoms with Gasteiger partial charge < -0.3 is 10.2 Å². The molecular weight excluding hydrogens is 246 g/mol. The van der Waals surface area contributed by atoms with Gasteiger partial charge in [0.25, 0.3) is 0 Å². The summed E-state index contributed by atoms with van der Waals surface area (Å²) < 4.78 is 0. The van der Waals surface area contributed by atoms with Crippen LogP contribution in [-0.2, 0) is 0 Å². The lowest BCUT2D eigenvalue weighted by Crippen LogP contribution is -2.57. The van der Waals surface area contributed by atoms with Crippen LogP contribution >= 0.6 is 0 Å². The number of fused-ring (bicyclic) bond motifs is 2. The molecule has 2 aliphatic heterocycles. The molecule has 3 nitrogen and oxygen atoms in total. The van der Waals surface area contributed by atoms with Crippen molar-refractivity contribution >= 4 is 0 Å². The summed E-state index contributed by atoms with van der Waals surface area (Å²) in [7, 11) is 4.61. The summed E-state index contributed by atoms with van der Waals surface area (Å²) in [6, 6.07) is 2.50. The highest BCUT2D eigenvalue weighted by Crippen LogP contribution is 2.41. The van der Waals surface area contributed by atoms with Crippen LogP contribution in [0.5, 0.6) is 0 Å². The number of likely N-dealkylation sites (N-methyl/N-ethyl adjacent to an activating group) is 1. The van der Waals surface area contributed by atoms with Crippen LogP contribution in [0.1, 0.15) is 58.3 Å². The summed E-state index contributed by atoms with van der Waals surface area (Å²) in [5.41, 5.74) is 0.478. The van der Waals surface area contributed by atoms with Crippen LogP contribution in [0.15, 0.2) is 0 Å². The molecule has 2 heterocycles. The van der Waals surface area contributed by atoms with Crippen LogP contribution in [-0.4, -0.2) is 60.6 Å². The quantitative estimate of drug-likeness (QED) is 0.834. The van der Waals surface area contributed by atoms with Crippen LogP contribution in [0.25, 0.3) is 0 Å². The van der Waals surface area contributed by atoms with Crippen molar-refractivity contribution in [1.82, 2.24) is 15.1 Å². The maximum Gasteiger partial charge on any atom is 0.0330 e. The molecule has 20 heavy (non-hydrogen) atoms. The molecule has 3 rings (SSSR count). The normalized spacial score (nSPS) is 36.9. The van der Waals surface area contributed by atoms with E-state index in [0.717, 1.165) is 24.7 Å². The molecule has 2 bridgehead atoms. The highest BCUT2D eigenvalue weighted by atomic mass is 15.3. The minimum Gasteiger partial charge on any atom is -0.314 e. The summed E-state index contributed by atoms with van der Waals surface area (Å²) >= 11 is 0. The second kappa shape index (κ2) is 5.94. The zero-order valence-electron chi connectivity index (χ0n) is 13.7.